The Hall–Kier alpha value is -0.570. The molecule has 2 fully saturated rings. The van der Waals surface area contributed by atoms with Crippen LogP contribution in [0.4, 0.5) is 0 Å². The largest absolute Gasteiger partial charge is 0.462 e. The molecule has 0 N–H and O–H groups in total. The molecule has 0 aromatic rings. The summed E-state index contributed by atoms with van der Waals surface area (Å²) >= 11 is 0. The van der Waals surface area contributed by atoms with E-state index >= 15 is 0 Å². The summed E-state index contributed by atoms with van der Waals surface area (Å²) in [5.74, 6) is 0.571. The first-order valence-electron chi connectivity index (χ1n) is 7.60. The summed E-state index contributed by atoms with van der Waals surface area (Å²) in [7, 11) is 0. The number of ether oxygens (including phenoxy) is 2. The fourth-order valence-electron chi connectivity index (χ4n) is 3.17. The Morgan fingerprint density at radius 1 is 1.22 bits per heavy atom. The summed E-state index contributed by atoms with van der Waals surface area (Å²) in [4.78, 5) is 11.9. The molecule has 1 saturated carbocycles. The van der Waals surface area contributed by atoms with Crippen molar-refractivity contribution in [2.24, 2.45) is 5.92 Å². The lowest BCUT2D eigenvalue weighted by Crippen LogP contribution is -2.30. The first-order valence-corrected chi connectivity index (χ1v) is 7.60. The third kappa shape index (κ3) is 3.98. The van der Waals surface area contributed by atoms with Gasteiger partial charge in [0.05, 0.1) is 6.10 Å². The van der Waals surface area contributed by atoms with Crippen LogP contribution >= 0.6 is 0 Å². The topological polar surface area (TPSA) is 35.5 Å². The van der Waals surface area contributed by atoms with Gasteiger partial charge in [-0.3, -0.25) is 4.79 Å². The van der Waals surface area contributed by atoms with Crippen LogP contribution in [0.5, 0.6) is 0 Å². The van der Waals surface area contributed by atoms with E-state index in [1.807, 2.05) is 0 Å². The van der Waals surface area contributed by atoms with Crippen LogP contribution in [-0.2, 0) is 14.3 Å². The summed E-state index contributed by atoms with van der Waals surface area (Å²) in [6.07, 6.45) is 10.00. The van der Waals surface area contributed by atoms with E-state index in [4.69, 9.17) is 9.47 Å². The zero-order chi connectivity index (χ0) is 12.8. The number of carbonyl (C=O) groups is 1. The van der Waals surface area contributed by atoms with Crippen LogP contribution in [0.25, 0.3) is 0 Å². The normalized spacial score (nSPS) is 32.4. The van der Waals surface area contributed by atoms with Gasteiger partial charge in [-0.25, -0.2) is 0 Å². The van der Waals surface area contributed by atoms with E-state index in [0.29, 0.717) is 18.4 Å². The first-order chi connectivity index (χ1) is 8.79. The Bertz CT molecular complexity index is 258. The Morgan fingerprint density at radius 3 is 2.78 bits per heavy atom. The van der Waals surface area contributed by atoms with Gasteiger partial charge in [0.15, 0.2) is 0 Å². The van der Waals surface area contributed by atoms with Crippen molar-refractivity contribution in [2.45, 2.75) is 76.9 Å². The van der Waals surface area contributed by atoms with E-state index in [-0.39, 0.29) is 12.1 Å². The minimum Gasteiger partial charge on any atom is -0.462 e. The number of rotatable bonds is 5. The van der Waals surface area contributed by atoms with Gasteiger partial charge in [-0.2, -0.15) is 0 Å². The van der Waals surface area contributed by atoms with Crippen LogP contribution in [0, 0.1) is 5.92 Å². The lowest BCUT2D eigenvalue weighted by Gasteiger charge is -2.30. The van der Waals surface area contributed by atoms with Crippen molar-refractivity contribution in [2.75, 3.05) is 6.61 Å². The molecule has 2 aliphatic rings. The minimum atomic E-state index is -0.0177. The van der Waals surface area contributed by atoms with Gasteiger partial charge in [0, 0.05) is 13.0 Å². The van der Waals surface area contributed by atoms with Crippen LogP contribution in [0.1, 0.15) is 64.7 Å². The van der Waals surface area contributed by atoms with Gasteiger partial charge in [0.1, 0.15) is 6.10 Å². The van der Waals surface area contributed by atoms with Crippen molar-refractivity contribution in [1.82, 2.24) is 0 Å². The second-order valence-corrected chi connectivity index (χ2v) is 5.65. The summed E-state index contributed by atoms with van der Waals surface area (Å²) in [6.45, 7) is 3.06. The highest BCUT2D eigenvalue weighted by molar-refractivity contribution is 5.69. The van der Waals surface area contributed by atoms with Gasteiger partial charge in [0.25, 0.3) is 0 Å². The van der Waals surface area contributed by atoms with Crippen LogP contribution in [0.3, 0.4) is 0 Å². The Balaban J connectivity index is 1.68. The summed E-state index contributed by atoms with van der Waals surface area (Å²) < 4.78 is 11.2. The molecule has 0 aromatic carbocycles. The molecule has 2 rings (SSSR count). The lowest BCUT2D eigenvalue weighted by molar-refractivity contribution is -0.154. The van der Waals surface area contributed by atoms with Gasteiger partial charge < -0.3 is 9.47 Å². The molecule has 18 heavy (non-hydrogen) atoms. The van der Waals surface area contributed by atoms with Crippen LogP contribution in [-0.4, -0.2) is 24.8 Å². The molecule has 0 spiro atoms. The molecule has 1 saturated heterocycles. The van der Waals surface area contributed by atoms with Crippen LogP contribution < -0.4 is 0 Å². The molecule has 1 heterocycles. The van der Waals surface area contributed by atoms with Gasteiger partial charge >= 0.3 is 5.97 Å². The van der Waals surface area contributed by atoms with Crippen molar-refractivity contribution in [3.8, 4) is 0 Å². The van der Waals surface area contributed by atoms with Crippen LogP contribution in [0.15, 0.2) is 0 Å². The highest BCUT2D eigenvalue weighted by Gasteiger charge is 2.27. The predicted octanol–water partition coefficient (Wildman–Crippen LogP) is 3.46. The first kappa shape index (κ1) is 13.9. The molecule has 1 aliphatic carbocycles. The van der Waals surface area contributed by atoms with Crippen molar-refractivity contribution >= 4 is 5.97 Å². The highest BCUT2D eigenvalue weighted by atomic mass is 16.5. The molecule has 0 aromatic heterocycles. The monoisotopic (exact) mass is 254 g/mol. The van der Waals surface area contributed by atoms with Crippen LogP contribution in [0.2, 0.25) is 0 Å². The number of hydrogen-bond donors (Lipinski definition) is 0. The average molecular weight is 254 g/mol. The van der Waals surface area contributed by atoms with E-state index < -0.39 is 0 Å². The van der Waals surface area contributed by atoms with E-state index in [1.165, 1.54) is 19.3 Å². The van der Waals surface area contributed by atoms with Gasteiger partial charge in [0.2, 0.25) is 0 Å². The smallest absolute Gasteiger partial charge is 0.306 e. The van der Waals surface area contributed by atoms with E-state index in [2.05, 4.69) is 6.92 Å². The second-order valence-electron chi connectivity index (χ2n) is 5.65. The van der Waals surface area contributed by atoms with Gasteiger partial charge in [-0.15, -0.1) is 0 Å². The standard InChI is InChI=1S/C15H26O3/c1-2-12-6-3-4-8-14(12)18-15(16)10-9-13-7-5-11-17-13/h12-14H,2-11H2,1H3/t12-,13+,14+/m1/s1. The molecule has 0 amide bonds. The Morgan fingerprint density at radius 2 is 2.06 bits per heavy atom. The zero-order valence-corrected chi connectivity index (χ0v) is 11.5. The molecular weight excluding hydrogens is 228 g/mol. The molecule has 0 unspecified atom stereocenters. The van der Waals surface area contributed by atoms with E-state index in [1.54, 1.807) is 0 Å². The third-order valence-electron chi connectivity index (χ3n) is 4.34. The fraction of sp³-hybridized carbons (Fsp3) is 0.933. The van der Waals surface area contributed by atoms with E-state index in [9.17, 15) is 4.79 Å². The molecule has 0 radical (unpaired) electrons. The second kappa shape index (κ2) is 7.13. The summed E-state index contributed by atoms with van der Waals surface area (Å²) in [5.41, 5.74) is 0. The Kier molecular flexibility index (Phi) is 5.48. The maximum Gasteiger partial charge on any atom is 0.306 e. The van der Waals surface area contributed by atoms with Crippen molar-refractivity contribution < 1.29 is 14.3 Å². The minimum absolute atomic E-state index is 0.0177. The Labute approximate surface area is 110 Å². The SMILES string of the molecule is CC[C@@H]1CCCC[C@@H]1OC(=O)CC[C@@H]1CCCO1. The maximum absolute atomic E-state index is 11.9. The van der Waals surface area contributed by atoms with E-state index in [0.717, 1.165) is 38.7 Å². The molecule has 0 bridgehead atoms. The van der Waals surface area contributed by atoms with Gasteiger partial charge in [-0.05, 0) is 50.9 Å². The van der Waals surface area contributed by atoms with Crippen molar-refractivity contribution in [3.05, 3.63) is 0 Å². The quantitative estimate of drug-likeness (QED) is 0.705. The maximum atomic E-state index is 11.9. The fourth-order valence-corrected chi connectivity index (χ4v) is 3.17. The molecule has 3 nitrogen and oxygen atoms in total. The lowest BCUT2D eigenvalue weighted by atomic mass is 9.85. The summed E-state index contributed by atoms with van der Waals surface area (Å²) in [5, 5.41) is 0. The average Bonchev–Trinajstić information content (AvgIpc) is 2.90. The third-order valence-corrected chi connectivity index (χ3v) is 4.34. The molecule has 104 valence electrons. The van der Waals surface area contributed by atoms with Crippen molar-refractivity contribution in [1.29, 1.82) is 0 Å². The zero-order valence-electron chi connectivity index (χ0n) is 11.5. The highest BCUT2D eigenvalue weighted by Crippen LogP contribution is 2.29. The molecule has 1 aliphatic heterocycles. The molecule has 3 heteroatoms. The molecular formula is C15H26O3. The number of hydrogen-bond acceptors (Lipinski definition) is 3. The number of carbonyl (C=O) groups excluding carboxylic acids is 1. The van der Waals surface area contributed by atoms with Crippen molar-refractivity contribution in [3.63, 3.8) is 0 Å². The molecule has 3 atom stereocenters. The summed E-state index contributed by atoms with van der Waals surface area (Å²) in [6, 6.07) is 0. The predicted molar refractivity (Wildman–Crippen MR) is 70.3 cm³/mol. The number of esters is 1. The van der Waals surface area contributed by atoms with Gasteiger partial charge in [-0.1, -0.05) is 13.3 Å².